The Morgan fingerprint density at radius 3 is 1.65 bits per heavy atom. The number of anilines is 3. The lowest BCUT2D eigenvalue weighted by Gasteiger charge is -2.29. The third kappa shape index (κ3) is 4.03. The van der Waals surface area contributed by atoms with Crippen LogP contribution in [0.1, 0.15) is 16.7 Å². The summed E-state index contributed by atoms with van der Waals surface area (Å²) in [5.74, 6) is -0.234. The SMILES string of the molecule is CS(=O)(=O)Nc1ccc(C2(c3ccc(NS(C)(=O)=O)cc3)C(=O)Nc3sccc32)cc1. The second kappa shape index (κ2) is 7.36. The van der Waals surface area contributed by atoms with E-state index in [-0.39, 0.29) is 5.91 Å². The molecule has 0 unspecified atom stereocenters. The van der Waals surface area contributed by atoms with Crippen molar-refractivity contribution in [3.8, 4) is 0 Å². The molecule has 4 rings (SSSR count). The van der Waals surface area contributed by atoms with Gasteiger partial charge in [-0.2, -0.15) is 0 Å². The van der Waals surface area contributed by atoms with Gasteiger partial charge in [-0.1, -0.05) is 24.3 Å². The molecule has 2 heterocycles. The van der Waals surface area contributed by atoms with Crippen LogP contribution in [-0.2, 0) is 30.3 Å². The number of thiophene rings is 1. The van der Waals surface area contributed by atoms with Crippen molar-refractivity contribution in [2.24, 2.45) is 0 Å². The van der Waals surface area contributed by atoms with Gasteiger partial charge in [0.15, 0.2) is 0 Å². The van der Waals surface area contributed by atoms with Crippen molar-refractivity contribution in [1.29, 1.82) is 0 Å². The minimum atomic E-state index is -3.43. The summed E-state index contributed by atoms with van der Waals surface area (Å²) in [7, 11) is -6.86. The molecule has 1 aliphatic rings. The number of rotatable bonds is 6. The second-order valence-electron chi connectivity index (χ2n) is 7.27. The lowest BCUT2D eigenvalue weighted by atomic mass is 9.71. The van der Waals surface area contributed by atoms with Crippen LogP contribution in [0.5, 0.6) is 0 Å². The van der Waals surface area contributed by atoms with Gasteiger partial charge in [0.25, 0.3) is 0 Å². The van der Waals surface area contributed by atoms with Crippen LogP contribution in [0, 0.1) is 0 Å². The lowest BCUT2D eigenvalue weighted by Crippen LogP contribution is -2.37. The summed E-state index contributed by atoms with van der Waals surface area (Å²) < 4.78 is 50.9. The Labute approximate surface area is 184 Å². The number of fused-ring (bicyclic) bond motifs is 1. The number of carbonyl (C=O) groups excluding carboxylic acids is 1. The number of sulfonamides is 2. The van der Waals surface area contributed by atoms with Gasteiger partial charge in [-0.05, 0) is 46.8 Å². The van der Waals surface area contributed by atoms with Crippen LogP contribution in [0.15, 0.2) is 60.0 Å². The normalized spacial score (nSPS) is 15.2. The molecule has 11 heteroatoms. The highest BCUT2D eigenvalue weighted by molar-refractivity contribution is 7.92. The number of benzene rings is 2. The molecule has 0 aliphatic carbocycles. The average molecular weight is 478 g/mol. The molecule has 2 aromatic carbocycles. The molecular formula is C20H19N3O5S3. The fourth-order valence-electron chi connectivity index (χ4n) is 3.77. The highest BCUT2D eigenvalue weighted by Crippen LogP contribution is 2.50. The molecule has 8 nitrogen and oxygen atoms in total. The Morgan fingerprint density at radius 2 is 1.23 bits per heavy atom. The maximum absolute atomic E-state index is 13.3. The molecule has 0 atom stereocenters. The van der Waals surface area contributed by atoms with E-state index in [1.54, 1.807) is 48.5 Å². The van der Waals surface area contributed by atoms with Crippen LogP contribution in [0.4, 0.5) is 16.4 Å². The van der Waals surface area contributed by atoms with Crippen molar-refractivity contribution in [3.63, 3.8) is 0 Å². The average Bonchev–Trinajstić information content (AvgIpc) is 3.20. The lowest BCUT2D eigenvalue weighted by molar-refractivity contribution is -0.118. The molecule has 0 saturated carbocycles. The monoisotopic (exact) mass is 477 g/mol. The van der Waals surface area contributed by atoms with Gasteiger partial charge in [0.2, 0.25) is 26.0 Å². The summed E-state index contributed by atoms with van der Waals surface area (Å²) in [5.41, 5.74) is 1.73. The summed E-state index contributed by atoms with van der Waals surface area (Å²) in [5, 5.41) is 5.55. The van der Waals surface area contributed by atoms with Crippen molar-refractivity contribution in [2.45, 2.75) is 5.41 Å². The summed E-state index contributed by atoms with van der Waals surface area (Å²) in [4.78, 5) is 13.3. The molecule has 0 radical (unpaired) electrons. The summed E-state index contributed by atoms with van der Waals surface area (Å²) >= 11 is 1.41. The molecule has 0 spiro atoms. The number of carbonyl (C=O) groups is 1. The van der Waals surface area contributed by atoms with E-state index < -0.39 is 25.5 Å². The van der Waals surface area contributed by atoms with Gasteiger partial charge in [-0.3, -0.25) is 14.2 Å². The Bertz CT molecular complexity index is 1280. The molecule has 0 fully saturated rings. The van der Waals surface area contributed by atoms with E-state index in [1.807, 2.05) is 11.4 Å². The van der Waals surface area contributed by atoms with Crippen LogP contribution in [0.2, 0.25) is 0 Å². The first-order valence-electron chi connectivity index (χ1n) is 9.05. The van der Waals surface area contributed by atoms with E-state index in [2.05, 4.69) is 14.8 Å². The smallest absolute Gasteiger partial charge is 0.244 e. The maximum Gasteiger partial charge on any atom is 0.244 e. The van der Waals surface area contributed by atoms with Gasteiger partial charge in [-0.15, -0.1) is 11.3 Å². The van der Waals surface area contributed by atoms with Crippen LogP contribution < -0.4 is 14.8 Å². The van der Waals surface area contributed by atoms with Crippen molar-refractivity contribution in [2.75, 3.05) is 27.3 Å². The van der Waals surface area contributed by atoms with Crippen molar-refractivity contribution < 1.29 is 21.6 Å². The molecule has 0 bridgehead atoms. The Hall–Kier alpha value is -2.89. The van der Waals surface area contributed by atoms with E-state index in [0.717, 1.165) is 23.1 Å². The second-order valence-corrected chi connectivity index (χ2v) is 11.7. The topological polar surface area (TPSA) is 121 Å². The Balaban J connectivity index is 1.84. The zero-order chi connectivity index (χ0) is 22.4. The van der Waals surface area contributed by atoms with Crippen LogP contribution in [0.25, 0.3) is 0 Å². The van der Waals surface area contributed by atoms with Gasteiger partial charge < -0.3 is 5.32 Å². The van der Waals surface area contributed by atoms with Crippen molar-refractivity contribution in [3.05, 3.63) is 76.7 Å². The van der Waals surface area contributed by atoms with Crippen molar-refractivity contribution in [1.82, 2.24) is 0 Å². The standard InChI is InChI=1S/C20H19N3O5S3/c1-30(25,26)22-15-7-3-13(4-8-15)20(17-11-12-29-18(17)21-19(20)24)14-5-9-16(10-6-14)23-31(2,27)28/h3-12,22-23H,1-2H3,(H,21,24). The minimum Gasteiger partial charge on any atom is -0.316 e. The molecule has 162 valence electrons. The van der Waals surface area contributed by atoms with Gasteiger partial charge in [0, 0.05) is 16.9 Å². The predicted octanol–water partition coefficient (Wildman–Crippen LogP) is 2.78. The molecule has 1 aliphatic heterocycles. The van der Waals surface area contributed by atoms with Crippen LogP contribution >= 0.6 is 11.3 Å². The maximum atomic E-state index is 13.3. The molecule has 1 aromatic heterocycles. The van der Waals surface area contributed by atoms with Crippen LogP contribution in [0.3, 0.4) is 0 Å². The molecule has 0 saturated heterocycles. The molecule has 1 amide bonds. The zero-order valence-electron chi connectivity index (χ0n) is 16.5. The summed E-state index contributed by atoms with van der Waals surface area (Å²) in [6, 6.07) is 15.1. The van der Waals surface area contributed by atoms with E-state index in [0.29, 0.717) is 22.5 Å². The summed E-state index contributed by atoms with van der Waals surface area (Å²) in [6.07, 6.45) is 2.13. The van der Waals surface area contributed by atoms with Gasteiger partial charge in [0.1, 0.15) is 5.41 Å². The molecule has 3 N–H and O–H groups in total. The van der Waals surface area contributed by atoms with Gasteiger partial charge in [-0.25, -0.2) is 16.8 Å². The third-order valence-electron chi connectivity index (χ3n) is 4.88. The van der Waals surface area contributed by atoms with E-state index in [1.165, 1.54) is 11.3 Å². The molecule has 3 aromatic rings. The minimum absolute atomic E-state index is 0.234. The quantitative estimate of drug-likeness (QED) is 0.504. The first-order chi connectivity index (χ1) is 14.5. The van der Waals surface area contributed by atoms with E-state index >= 15 is 0 Å². The van der Waals surface area contributed by atoms with Gasteiger partial charge in [0.05, 0.1) is 17.5 Å². The highest BCUT2D eigenvalue weighted by atomic mass is 32.2. The van der Waals surface area contributed by atoms with E-state index in [4.69, 9.17) is 0 Å². The fourth-order valence-corrected chi connectivity index (χ4v) is 5.73. The zero-order valence-corrected chi connectivity index (χ0v) is 19.0. The number of amides is 1. The number of hydrogen-bond donors (Lipinski definition) is 3. The van der Waals surface area contributed by atoms with Crippen molar-refractivity contribution >= 4 is 53.7 Å². The molecular weight excluding hydrogens is 458 g/mol. The molecule has 31 heavy (non-hydrogen) atoms. The van der Waals surface area contributed by atoms with Crippen LogP contribution in [-0.4, -0.2) is 35.3 Å². The largest absolute Gasteiger partial charge is 0.316 e. The van der Waals surface area contributed by atoms with E-state index in [9.17, 15) is 21.6 Å². The van der Waals surface area contributed by atoms with Gasteiger partial charge >= 0.3 is 0 Å². The first kappa shape index (κ1) is 21.3. The fraction of sp³-hybridized carbons (Fsp3) is 0.150. The third-order valence-corrected chi connectivity index (χ3v) is 6.92. The highest BCUT2D eigenvalue weighted by Gasteiger charge is 2.50. The number of nitrogens with one attached hydrogen (secondary N) is 3. The number of hydrogen-bond acceptors (Lipinski definition) is 6. The summed E-state index contributed by atoms with van der Waals surface area (Å²) in [6.45, 7) is 0. The first-order valence-corrected chi connectivity index (χ1v) is 13.7. The Kier molecular flexibility index (Phi) is 5.07. The predicted molar refractivity (Wildman–Crippen MR) is 123 cm³/mol. The Morgan fingerprint density at radius 1 is 0.774 bits per heavy atom.